The van der Waals surface area contributed by atoms with Crippen molar-refractivity contribution < 1.29 is 18.0 Å². The summed E-state index contributed by atoms with van der Waals surface area (Å²) in [6.07, 6.45) is 1.03. The zero-order valence-electron chi connectivity index (χ0n) is 9.40. The van der Waals surface area contributed by atoms with Gasteiger partial charge in [-0.15, -0.1) is 0 Å². The second-order valence-corrected chi connectivity index (χ2v) is 6.15. The van der Waals surface area contributed by atoms with Crippen molar-refractivity contribution in [2.75, 3.05) is 19.3 Å². The van der Waals surface area contributed by atoms with Gasteiger partial charge >= 0.3 is 6.03 Å². The number of carbonyl (C=O) groups excluding carboxylic acids is 2. The van der Waals surface area contributed by atoms with E-state index in [4.69, 9.17) is 0 Å². The molecule has 1 rings (SSSR count). The first-order valence-electron chi connectivity index (χ1n) is 4.68. The van der Waals surface area contributed by atoms with Crippen LogP contribution in [0.3, 0.4) is 0 Å². The Balaban J connectivity index is 2.72. The second kappa shape index (κ2) is 4.02. The van der Waals surface area contributed by atoms with Gasteiger partial charge in [-0.3, -0.25) is 9.69 Å². The molecule has 0 saturated carbocycles. The third kappa shape index (κ3) is 3.46. The smallest absolute Gasteiger partial charge is 0.324 e. The van der Waals surface area contributed by atoms with Gasteiger partial charge in [0.1, 0.15) is 0 Å². The summed E-state index contributed by atoms with van der Waals surface area (Å²) in [6.45, 7) is 3.18. The summed E-state index contributed by atoms with van der Waals surface area (Å²) in [4.78, 5) is 23.5. The molecule has 0 aromatic rings. The van der Waals surface area contributed by atoms with Crippen LogP contribution in [0.5, 0.6) is 0 Å². The van der Waals surface area contributed by atoms with Crippen molar-refractivity contribution in [2.24, 2.45) is 0 Å². The van der Waals surface area contributed by atoms with Crippen molar-refractivity contribution in [1.82, 2.24) is 14.9 Å². The molecule has 0 aromatic heterocycles. The lowest BCUT2D eigenvalue weighted by atomic mass is 10.1. The van der Waals surface area contributed by atoms with Crippen molar-refractivity contribution >= 4 is 22.0 Å². The molecule has 0 aliphatic carbocycles. The van der Waals surface area contributed by atoms with Crippen LogP contribution in [-0.4, -0.2) is 50.1 Å². The van der Waals surface area contributed by atoms with E-state index in [1.54, 1.807) is 13.8 Å². The Hall–Kier alpha value is -1.15. The number of carbonyl (C=O) groups is 2. The number of hydrogen-bond acceptors (Lipinski definition) is 4. The fraction of sp³-hybridized carbons (Fsp3) is 0.750. The molecule has 1 aliphatic rings. The first-order valence-corrected chi connectivity index (χ1v) is 6.57. The molecular formula is C8H15N3O4S. The topological polar surface area (TPSA) is 95.6 Å². The standard InChI is InChI=1S/C8H15N3O4S/c1-8(2,10-16(3,14)15)5-11-6(12)4-9-7(11)13/h10H,4-5H2,1-3H3,(H,9,13). The lowest BCUT2D eigenvalue weighted by Crippen LogP contribution is -2.52. The van der Waals surface area contributed by atoms with Gasteiger partial charge in [-0.25, -0.2) is 17.9 Å². The molecule has 0 bridgehead atoms. The van der Waals surface area contributed by atoms with Crippen molar-refractivity contribution in [1.29, 1.82) is 0 Å². The molecule has 1 saturated heterocycles. The van der Waals surface area contributed by atoms with Gasteiger partial charge in [0.2, 0.25) is 15.9 Å². The van der Waals surface area contributed by atoms with E-state index in [0.717, 1.165) is 11.2 Å². The highest BCUT2D eigenvalue weighted by molar-refractivity contribution is 7.88. The Morgan fingerprint density at radius 2 is 2.00 bits per heavy atom. The number of rotatable bonds is 4. The average Bonchev–Trinajstić information content (AvgIpc) is 2.30. The molecule has 1 fully saturated rings. The lowest BCUT2D eigenvalue weighted by Gasteiger charge is -2.28. The van der Waals surface area contributed by atoms with Gasteiger partial charge in [0.05, 0.1) is 12.8 Å². The molecule has 0 aromatic carbocycles. The highest BCUT2D eigenvalue weighted by Gasteiger charge is 2.34. The van der Waals surface area contributed by atoms with Gasteiger partial charge in [0, 0.05) is 12.1 Å². The first-order chi connectivity index (χ1) is 7.11. The number of urea groups is 1. The quantitative estimate of drug-likeness (QED) is 0.616. The molecule has 2 N–H and O–H groups in total. The fourth-order valence-corrected chi connectivity index (χ4v) is 2.61. The van der Waals surface area contributed by atoms with E-state index < -0.39 is 21.6 Å². The first kappa shape index (κ1) is 12.9. The van der Waals surface area contributed by atoms with Crippen molar-refractivity contribution in [3.05, 3.63) is 0 Å². The summed E-state index contributed by atoms with van der Waals surface area (Å²) >= 11 is 0. The number of amides is 3. The van der Waals surface area contributed by atoms with Gasteiger partial charge in [0.15, 0.2) is 0 Å². The highest BCUT2D eigenvalue weighted by atomic mass is 32.2. The summed E-state index contributed by atoms with van der Waals surface area (Å²) in [7, 11) is -3.38. The van der Waals surface area contributed by atoms with Gasteiger partial charge in [-0.05, 0) is 13.8 Å². The molecule has 1 heterocycles. The normalized spacial score (nSPS) is 17.8. The van der Waals surface area contributed by atoms with Crippen LogP contribution in [0.15, 0.2) is 0 Å². The molecule has 0 atom stereocenters. The van der Waals surface area contributed by atoms with Gasteiger partial charge < -0.3 is 5.32 Å². The summed E-state index contributed by atoms with van der Waals surface area (Å²) < 4.78 is 24.5. The zero-order chi connectivity index (χ0) is 12.6. The van der Waals surface area contributed by atoms with E-state index >= 15 is 0 Å². The minimum atomic E-state index is -3.38. The van der Waals surface area contributed by atoms with Crippen LogP contribution in [0, 0.1) is 0 Å². The predicted octanol–water partition coefficient (Wildman–Crippen LogP) is -1.13. The SMILES string of the molecule is CC(C)(CN1C(=O)CNC1=O)NS(C)(=O)=O. The van der Waals surface area contributed by atoms with Crippen LogP contribution in [0.1, 0.15) is 13.8 Å². The van der Waals surface area contributed by atoms with Crippen LogP contribution in [0.25, 0.3) is 0 Å². The van der Waals surface area contributed by atoms with Crippen LogP contribution in [0.4, 0.5) is 4.79 Å². The summed E-state index contributed by atoms with van der Waals surface area (Å²) in [5, 5.41) is 2.37. The molecule has 7 nitrogen and oxygen atoms in total. The highest BCUT2D eigenvalue weighted by Crippen LogP contribution is 2.10. The third-order valence-electron chi connectivity index (χ3n) is 1.95. The zero-order valence-corrected chi connectivity index (χ0v) is 10.2. The Kier molecular flexibility index (Phi) is 3.25. The second-order valence-electron chi connectivity index (χ2n) is 4.40. The Morgan fingerprint density at radius 3 is 2.38 bits per heavy atom. The molecule has 92 valence electrons. The van der Waals surface area contributed by atoms with Crippen LogP contribution in [0.2, 0.25) is 0 Å². The number of sulfonamides is 1. The summed E-state index contributed by atoms with van der Waals surface area (Å²) in [6, 6.07) is -0.492. The van der Waals surface area contributed by atoms with Gasteiger partial charge in [0.25, 0.3) is 0 Å². The largest absolute Gasteiger partial charge is 0.329 e. The van der Waals surface area contributed by atoms with E-state index in [1.807, 2.05) is 0 Å². The Labute approximate surface area is 94.2 Å². The monoisotopic (exact) mass is 249 g/mol. The predicted molar refractivity (Wildman–Crippen MR) is 57.2 cm³/mol. The fourth-order valence-electron chi connectivity index (χ4n) is 1.54. The molecular weight excluding hydrogens is 234 g/mol. The van der Waals surface area contributed by atoms with E-state index in [-0.39, 0.29) is 19.0 Å². The van der Waals surface area contributed by atoms with E-state index in [2.05, 4.69) is 10.0 Å². The summed E-state index contributed by atoms with van der Waals surface area (Å²) in [5.41, 5.74) is -0.884. The molecule has 0 spiro atoms. The number of imide groups is 1. The van der Waals surface area contributed by atoms with Crippen LogP contribution < -0.4 is 10.0 Å². The van der Waals surface area contributed by atoms with E-state index in [1.165, 1.54) is 0 Å². The molecule has 16 heavy (non-hydrogen) atoms. The minimum Gasteiger partial charge on any atom is -0.329 e. The number of hydrogen-bond donors (Lipinski definition) is 2. The summed E-state index contributed by atoms with van der Waals surface area (Å²) in [5.74, 6) is -0.353. The van der Waals surface area contributed by atoms with Crippen molar-refractivity contribution in [3.8, 4) is 0 Å². The van der Waals surface area contributed by atoms with Crippen molar-refractivity contribution in [3.63, 3.8) is 0 Å². The van der Waals surface area contributed by atoms with Crippen LogP contribution in [-0.2, 0) is 14.8 Å². The molecule has 1 aliphatic heterocycles. The maximum absolute atomic E-state index is 11.3. The van der Waals surface area contributed by atoms with Crippen molar-refractivity contribution in [2.45, 2.75) is 19.4 Å². The Bertz CT molecular complexity index is 399. The molecule has 0 radical (unpaired) electrons. The maximum atomic E-state index is 11.3. The molecule has 3 amide bonds. The van der Waals surface area contributed by atoms with Gasteiger partial charge in [-0.1, -0.05) is 0 Å². The minimum absolute atomic E-state index is 0.00470. The van der Waals surface area contributed by atoms with E-state index in [0.29, 0.717) is 0 Å². The maximum Gasteiger partial charge on any atom is 0.324 e. The molecule has 0 unspecified atom stereocenters. The van der Waals surface area contributed by atoms with E-state index in [9.17, 15) is 18.0 Å². The van der Waals surface area contributed by atoms with Gasteiger partial charge in [-0.2, -0.15) is 0 Å². The van der Waals surface area contributed by atoms with Crippen LogP contribution >= 0.6 is 0 Å². The number of nitrogens with one attached hydrogen (secondary N) is 2. The third-order valence-corrected chi connectivity index (χ3v) is 2.88. The number of nitrogens with zero attached hydrogens (tertiary/aromatic N) is 1. The Morgan fingerprint density at radius 1 is 1.44 bits per heavy atom. The molecule has 8 heteroatoms. The average molecular weight is 249 g/mol. The lowest BCUT2D eigenvalue weighted by molar-refractivity contribution is -0.125.